The van der Waals surface area contributed by atoms with E-state index in [0.29, 0.717) is 0 Å². The van der Waals surface area contributed by atoms with Gasteiger partial charge in [0.1, 0.15) is 39.4 Å². The largest absolute Gasteiger partial charge is 0.456 e. The standard InChI is InChI=1S/C37H27N3O2/c1-36(2,3)23-18-20-39-30(21-23)42-28-17-16-27-33-32-26(41-27)15-13-22-12-14-25-34(31(22)32)37(39,35(28)33)38-19-8-7-11-29(38)40(25)24-9-5-4-6-10-24/h4-21H,1-3H3/q+2. The van der Waals surface area contributed by atoms with Crippen molar-refractivity contribution in [2.24, 2.45) is 0 Å². The van der Waals surface area contributed by atoms with Crippen LogP contribution >= 0.6 is 0 Å². The van der Waals surface area contributed by atoms with Gasteiger partial charge in [-0.3, -0.25) is 0 Å². The number of hydrogen-bond donors (Lipinski definition) is 0. The fraction of sp³-hybridized carbons (Fsp3) is 0.135. The lowest BCUT2D eigenvalue weighted by atomic mass is 9.75. The van der Waals surface area contributed by atoms with Crippen molar-refractivity contribution < 1.29 is 18.3 Å². The molecule has 0 bridgehead atoms. The highest BCUT2D eigenvalue weighted by molar-refractivity contribution is 6.24. The van der Waals surface area contributed by atoms with Gasteiger partial charge < -0.3 is 9.15 Å². The summed E-state index contributed by atoms with van der Waals surface area (Å²) in [5.41, 5.74) is 6.89. The minimum absolute atomic E-state index is 0.0242. The number of aromatic nitrogens is 2. The number of hydrogen-bond acceptors (Lipinski definition) is 3. The van der Waals surface area contributed by atoms with E-state index in [1.54, 1.807) is 0 Å². The van der Waals surface area contributed by atoms with Crippen LogP contribution in [0, 0.1) is 0 Å². The number of ether oxygens (including phenoxy) is 1. The van der Waals surface area contributed by atoms with Gasteiger partial charge in [0, 0.05) is 28.3 Å². The molecule has 5 nitrogen and oxygen atoms in total. The number of fused-ring (bicyclic) bond motifs is 2. The van der Waals surface area contributed by atoms with Crippen molar-refractivity contribution >= 4 is 49.9 Å². The SMILES string of the molecule is CC(C)(C)c1cc[n+]2c(c1)Oc1ccc3oc4ccc5ccc6c7c5c4c3c1C72[n+]1ccccc1N6c1ccccc1. The van der Waals surface area contributed by atoms with Crippen molar-refractivity contribution in [2.45, 2.75) is 31.8 Å². The number of pyridine rings is 2. The summed E-state index contributed by atoms with van der Waals surface area (Å²) in [4.78, 5) is 2.39. The Morgan fingerprint density at radius 2 is 1.48 bits per heavy atom. The number of anilines is 3. The molecule has 1 unspecified atom stereocenters. The van der Waals surface area contributed by atoms with Crippen LogP contribution in [0.5, 0.6) is 11.6 Å². The molecule has 200 valence electrons. The highest BCUT2D eigenvalue weighted by Gasteiger charge is 2.66. The Labute approximate surface area is 242 Å². The van der Waals surface area contributed by atoms with Gasteiger partial charge in [-0.1, -0.05) is 57.2 Å². The smallest absolute Gasteiger partial charge is 0.378 e. The molecule has 42 heavy (non-hydrogen) atoms. The third-order valence-corrected chi connectivity index (χ3v) is 9.44. The maximum Gasteiger partial charge on any atom is 0.378 e. The van der Waals surface area contributed by atoms with Gasteiger partial charge in [0.2, 0.25) is 0 Å². The van der Waals surface area contributed by atoms with Crippen LogP contribution in [0.25, 0.3) is 32.7 Å². The third kappa shape index (κ3) is 2.44. The van der Waals surface area contributed by atoms with Crippen molar-refractivity contribution in [3.63, 3.8) is 0 Å². The molecule has 0 amide bonds. The summed E-state index contributed by atoms with van der Waals surface area (Å²) in [5.74, 6) is 2.77. The lowest BCUT2D eigenvalue weighted by Gasteiger charge is -2.41. The van der Waals surface area contributed by atoms with E-state index in [9.17, 15) is 0 Å². The Kier molecular flexibility index (Phi) is 3.85. The van der Waals surface area contributed by atoms with E-state index in [1.165, 1.54) is 27.3 Å². The molecule has 7 aromatic rings. The summed E-state index contributed by atoms with van der Waals surface area (Å²) in [6.07, 6.45) is 4.45. The van der Waals surface area contributed by atoms with E-state index in [-0.39, 0.29) is 5.41 Å². The van der Waals surface area contributed by atoms with Crippen LogP contribution in [0.3, 0.4) is 0 Å². The van der Waals surface area contributed by atoms with Crippen LogP contribution < -0.4 is 18.8 Å². The molecule has 0 saturated heterocycles. The first-order valence-electron chi connectivity index (χ1n) is 14.5. The van der Waals surface area contributed by atoms with Crippen LogP contribution in [0.2, 0.25) is 0 Å². The van der Waals surface area contributed by atoms with Crippen LogP contribution in [0.15, 0.2) is 114 Å². The molecule has 1 aliphatic carbocycles. The van der Waals surface area contributed by atoms with Gasteiger partial charge in [-0.15, -0.1) is 4.57 Å². The first kappa shape index (κ1) is 22.5. The first-order valence-corrected chi connectivity index (χ1v) is 14.5. The number of benzene rings is 4. The predicted molar refractivity (Wildman–Crippen MR) is 163 cm³/mol. The Morgan fingerprint density at radius 1 is 0.690 bits per heavy atom. The quantitative estimate of drug-likeness (QED) is 0.195. The Hall–Kier alpha value is -5.16. The van der Waals surface area contributed by atoms with Crippen LogP contribution in [-0.4, -0.2) is 0 Å². The topological polar surface area (TPSA) is 33.4 Å². The van der Waals surface area contributed by atoms with E-state index < -0.39 is 5.66 Å². The maximum absolute atomic E-state index is 6.85. The zero-order chi connectivity index (χ0) is 28.0. The van der Waals surface area contributed by atoms with Gasteiger partial charge >= 0.3 is 11.5 Å². The van der Waals surface area contributed by atoms with Crippen molar-refractivity contribution in [3.8, 4) is 11.6 Å². The monoisotopic (exact) mass is 545 g/mol. The van der Waals surface area contributed by atoms with Gasteiger partial charge in [0.15, 0.2) is 6.20 Å². The van der Waals surface area contributed by atoms with Crippen molar-refractivity contribution in [1.29, 1.82) is 0 Å². The molecule has 3 aliphatic rings. The van der Waals surface area contributed by atoms with E-state index in [2.05, 4.69) is 144 Å². The number of nitrogens with zero attached hydrogens (tertiary/aromatic N) is 3. The van der Waals surface area contributed by atoms with E-state index >= 15 is 0 Å². The number of para-hydroxylation sites is 1. The molecule has 0 radical (unpaired) electrons. The van der Waals surface area contributed by atoms with Gasteiger partial charge in [-0.05, 0) is 58.8 Å². The zero-order valence-electron chi connectivity index (χ0n) is 23.6. The summed E-state index contributed by atoms with van der Waals surface area (Å²) in [6, 6.07) is 34.7. The molecule has 1 spiro atoms. The fourth-order valence-electron chi connectivity index (χ4n) is 7.70. The molecular formula is C37H27N3O2+2. The Morgan fingerprint density at radius 3 is 2.33 bits per heavy atom. The predicted octanol–water partition coefficient (Wildman–Crippen LogP) is 8.11. The molecule has 1 atom stereocenters. The zero-order valence-corrected chi connectivity index (χ0v) is 23.6. The summed E-state index contributed by atoms with van der Waals surface area (Å²) in [7, 11) is 0. The summed E-state index contributed by atoms with van der Waals surface area (Å²) < 4.78 is 18.2. The summed E-state index contributed by atoms with van der Waals surface area (Å²) in [5, 5.41) is 4.73. The van der Waals surface area contributed by atoms with E-state index in [1.807, 2.05) is 0 Å². The van der Waals surface area contributed by atoms with Crippen molar-refractivity contribution in [1.82, 2.24) is 0 Å². The number of furan rings is 1. The van der Waals surface area contributed by atoms with Crippen molar-refractivity contribution in [3.05, 3.63) is 126 Å². The molecule has 3 aromatic heterocycles. The van der Waals surface area contributed by atoms with Crippen LogP contribution in [0.4, 0.5) is 17.2 Å². The second-order valence-corrected chi connectivity index (χ2v) is 12.7. The highest BCUT2D eigenvalue weighted by atomic mass is 16.5. The normalized spacial score (nSPS) is 17.6. The molecule has 0 fully saturated rings. The van der Waals surface area contributed by atoms with Crippen molar-refractivity contribution in [2.75, 3.05) is 4.90 Å². The van der Waals surface area contributed by atoms with E-state index in [0.717, 1.165) is 50.9 Å². The second-order valence-electron chi connectivity index (χ2n) is 12.7. The molecule has 0 N–H and O–H groups in total. The minimum atomic E-state index is -0.735. The maximum atomic E-state index is 6.85. The molecule has 0 saturated carbocycles. The highest BCUT2D eigenvalue weighted by Crippen LogP contribution is 2.58. The molecule has 5 heteroatoms. The van der Waals surface area contributed by atoms with Crippen LogP contribution in [0.1, 0.15) is 37.5 Å². The average Bonchev–Trinajstić information content (AvgIpc) is 3.40. The molecular weight excluding hydrogens is 518 g/mol. The van der Waals surface area contributed by atoms with Crippen LogP contribution in [-0.2, 0) is 11.1 Å². The Balaban J connectivity index is 1.48. The number of rotatable bonds is 1. The molecule has 10 rings (SSSR count). The molecule has 2 aliphatic heterocycles. The second kappa shape index (κ2) is 7.18. The first-order chi connectivity index (χ1) is 20.5. The minimum Gasteiger partial charge on any atom is -0.456 e. The lowest BCUT2D eigenvalue weighted by molar-refractivity contribution is -0.969. The summed E-state index contributed by atoms with van der Waals surface area (Å²) >= 11 is 0. The lowest BCUT2D eigenvalue weighted by Crippen LogP contribution is -2.78. The van der Waals surface area contributed by atoms with Gasteiger partial charge in [0.25, 0.3) is 5.82 Å². The van der Waals surface area contributed by atoms with Gasteiger partial charge in [0.05, 0.1) is 12.3 Å². The summed E-state index contributed by atoms with van der Waals surface area (Å²) in [6.45, 7) is 6.74. The Bertz CT molecular complexity index is 2330. The van der Waals surface area contributed by atoms with Gasteiger partial charge in [-0.2, -0.15) is 9.47 Å². The van der Waals surface area contributed by atoms with Gasteiger partial charge in [-0.25, -0.2) is 0 Å². The molecule has 5 heterocycles. The molecule has 4 aromatic carbocycles. The fourth-order valence-corrected chi connectivity index (χ4v) is 7.70. The average molecular weight is 546 g/mol. The van der Waals surface area contributed by atoms with E-state index in [4.69, 9.17) is 9.15 Å². The third-order valence-electron chi connectivity index (χ3n) is 9.44.